The van der Waals surface area contributed by atoms with Crippen molar-refractivity contribution in [3.8, 4) is 0 Å². The molecule has 0 heterocycles. The molecular weight excluding hydrogens is 727 g/mol. The standard InChI is InChI=1S/2C22H33O.2ClH.2Ti/c2*1-19(2,3)18-15-11-12-16-22(18,23-20(4,5)6)21(7,8)17-13-9-10-14-17;;;;/h2*9,11-13,15H,10,16H2,1-8H3;2*1H;;/q2*-1;;;2*+2/p-2. The number of ether oxygens (including phenoxy) is 2. The van der Waals surface area contributed by atoms with E-state index in [0.717, 1.165) is 25.7 Å². The van der Waals surface area contributed by atoms with Gasteiger partial charge in [-0.2, -0.15) is 12.2 Å². The van der Waals surface area contributed by atoms with Crippen molar-refractivity contribution in [3.63, 3.8) is 0 Å². The average Bonchev–Trinajstić information content (AvgIpc) is 3.62. The van der Waals surface area contributed by atoms with Crippen molar-refractivity contribution in [2.45, 2.75) is 159 Å². The third kappa shape index (κ3) is 11.4. The van der Waals surface area contributed by atoms with E-state index in [1.54, 1.807) is 0 Å². The summed E-state index contributed by atoms with van der Waals surface area (Å²) in [6.45, 7) is 35.9. The van der Waals surface area contributed by atoms with E-state index in [-0.39, 0.29) is 112 Å². The van der Waals surface area contributed by atoms with Gasteiger partial charge in [0.1, 0.15) is 11.2 Å². The summed E-state index contributed by atoms with van der Waals surface area (Å²) in [5.74, 6) is 0. The normalized spacial score (nSPS) is 23.5. The second kappa shape index (κ2) is 18.5. The van der Waals surface area contributed by atoms with E-state index < -0.39 is 0 Å². The first-order valence-electron chi connectivity index (χ1n) is 17.5. The minimum atomic E-state index is -0.352. The van der Waals surface area contributed by atoms with E-state index in [0.29, 0.717) is 0 Å². The molecule has 0 fully saturated rings. The van der Waals surface area contributed by atoms with E-state index in [1.807, 2.05) is 0 Å². The summed E-state index contributed by atoms with van der Waals surface area (Å²) in [4.78, 5) is 0. The van der Waals surface area contributed by atoms with Gasteiger partial charge in [0.25, 0.3) is 0 Å². The Morgan fingerprint density at radius 3 is 1.02 bits per heavy atom. The van der Waals surface area contributed by atoms with Crippen molar-refractivity contribution in [3.05, 3.63) is 95.2 Å². The first-order chi connectivity index (χ1) is 20.8. The van der Waals surface area contributed by atoms with Gasteiger partial charge < -0.3 is 34.3 Å². The van der Waals surface area contributed by atoms with E-state index in [9.17, 15) is 0 Å². The summed E-state index contributed by atoms with van der Waals surface area (Å²) >= 11 is 0. The topological polar surface area (TPSA) is 18.5 Å². The van der Waals surface area contributed by atoms with Gasteiger partial charge in [0.05, 0.1) is 11.2 Å². The Morgan fingerprint density at radius 2 is 0.800 bits per heavy atom. The third-order valence-corrected chi connectivity index (χ3v) is 9.81. The number of hydrogen-bond donors (Lipinski definition) is 0. The molecule has 0 saturated carbocycles. The molecule has 2 atom stereocenters. The number of rotatable bonds is 6. The average molecular weight is 794 g/mol. The van der Waals surface area contributed by atoms with Gasteiger partial charge in [0.2, 0.25) is 0 Å². The van der Waals surface area contributed by atoms with E-state index in [1.165, 1.54) is 22.3 Å². The summed E-state index contributed by atoms with van der Waals surface area (Å²) in [6, 6.07) is 0. The zero-order valence-corrected chi connectivity index (χ0v) is 38.8. The molecular formula is C44H66Cl2O2Ti2. The van der Waals surface area contributed by atoms with E-state index in [4.69, 9.17) is 9.47 Å². The Hall–Kier alpha value is -0.151. The molecule has 0 N–H and O–H groups in total. The molecule has 2 unspecified atom stereocenters. The molecule has 4 rings (SSSR count). The fourth-order valence-corrected chi connectivity index (χ4v) is 7.78. The maximum Gasteiger partial charge on any atom is 2.00 e. The summed E-state index contributed by atoms with van der Waals surface area (Å²) in [7, 11) is 0. The van der Waals surface area contributed by atoms with Crippen LogP contribution in [0.4, 0.5) is 0 Å². The molecule has 276 valence electrons. The van der Waals surface area contributed by atoms with Gasteiger partial charge in [-0.1, -0.05) is 106 Å². The zero-order chi connectivity index (χ0) is 35.0. The van der Waals surface area contributed by atoms with Crippen LogP contribution in [0.2, 0.25) is 0 Å². The molecule has 0 bridgehead atoms. The minimum absolute atomic E-state index is 0. The predicted molar refractivity (Wildman–Crippen MR) is 198 cm³/mol. The Labute approximate surface area is 350 Å². The molecule has 2 nitrogen and oxygen atoms in total. The predicted octanol–water partition coefficient (Wildman–Crippen LogP) is 6.38. The fourth-order valence-electron chi connectivity index (χ4n) is 7.78. The first-order valence-corrected chi connectivity index (χ1v) is 17.5. The van der Waals surface area contributed by atoms with Crippen LogP contribution >= 0.6 is 0 Å². The zero-order valence-electron chi connectivity index (χ0n) is 34.2. The van der Waals surface area contributed by atoms with Gasteiger partial charge in [-0.15, -0.1) is 12.8 Å². The molecule has 0 spiro atoms. The molecule has 50 heavy (non-hydrogen) atoms. The third-order valence-electron chi connectivity index (χ3n) is 9.81. The number of halogens is 2. The van der Waals surface area contributed by atoms with Gasteiger partial charge in [-0.3, -0.25) is 12.2 Å². The van der Waals surface area contributed by atoms with Gasteiger partial charge in [0, 0.05) is 0 Å². The summed E-state index contributed by atoms with van der Waals surface area (Å²) in [5.41, 5.74) is 3.99. The van der Waals surface area contributed by atoms with Crippen molar-refractivity contribution in [1.29, 1.82) is 0 Å². The maximum absolute atomic E-state index is 6.87. The van der Waals surface area contributed by atoms with Gasteiger partial charge in [-0.25, -0.2) is 23.3 Å². The fraction of sp³-hybridized carbons (Fsp3) is 0.636. The largest absolute Gasteiger partial charge is 2.00 e. The monoisotopic (exact) mass is 792 g/mol. The Balaban J connectivity index is 0. The second-order valence-electron chi connectivity index (χ2n) is 18.7. The van der Waals surface area contributed by atoms with Crippen LogP contribution in [0.5, 0.6) is 0 Å². The Bertz CT molecular complexity index is 1270. The van der Waals surface area contributed by atoms with Crippen LogP contribution in [0.1, 0.15) is 136 Å². The van der Waals surface area contributed by atoms with Crippen LogP contribution in [0.3, 0.4) is 0 Å². The first kappa shape index (κ1) is 52.0. The van der Waals surface area contributed by atoms with E-state index in [2.05, 4.69) is 184 Å². The summed E-state index contributed by atoms with van der Waals surface area (Å²) in [5, 5.41) is 0. The van der Waals surface area contributed by atoms with Crippen LogP contribution in [-0.4, -0.2) is 22.4 Å². The van der Waals surface area contributed by atoms with Crippen LogP contribution in [0.15, 0.2) is 83.1 Å². The van der Waals surface area contributed by atoms with Crippen molar-refractivity contribution in [2.75, 3.05) is 0 Å². The molecule has 6 heteroatoms. The number of allylic oxidation sites excluding steroid dienone is 10. The Morgan fingerprint density at radius 1 is 0.500 bits per heavy atom. The van der Waals surface area contributed by atoms with Crippen LogP contribution in [0.25, 0.3) is 0 Å². The summed E-state index contributed by atoms with van der Waals surface area (Å²) in [6.07, 6.45) is 33.0. The SMILES string of the molecule is CC(C)(C)OC1(C(C)(C)C2=[C-]CC=C2)CC=CC=C1C(C)(C)C.CC(C)(C)OC1(C(C)(C)C2=[C-]CC=C2)CC=CC=C1C(C)(C)C.[Cl-].[Cl-].[Ti+2].[Ti+2]. The van der Waals surface area contributed by atoms with Crippen molar-refractivity contribution in [1.82, 2.24) is 0 Å². The second-order valence-corrected chi connectivity index (χ2v) is 18.7. The molecule has 0 aliphatic heterocycles. The van der Waals surface area contributed by atoms with Crippen molar-refractivity contribution in [2.24, 2.45) is 21.7 Å². The molecule has 0 aromatic heterocycles. The molecule has 0 amide bonds. The van der Waals surface area contributed by atoms with Crippen LogP contribution in [-0.2, 0) is 52.9 Å². The smallest absolute Gasteiger partial charge is 1.00 e. The molecule has 0 aromatic carbocycles. The van der Waals surface area contributed by atoms with E-state index >= 15 is 0 Å². The summed E-state index contributed by atoms with van der Waals surface area (Å²) < 4.78 is 13.7. The molecule has 0 aromatic rings. The maximum atomic E-state index is 6.87. The van der Waals surface area contributed by atoms with Crippen LogP contribution in [0, 0.1) is 33.8 Å². The minimum Gasteiger partial charge on any atom is -1.00 e. The number of hydrogen-bond acceptors (Lipinski definition) is 2. The Kier molecular flexibility index (Phi) is 19.2. The molecule has 0 saturated heterocycles. The molecule has 4 aliphatic carbocycles. The van der Waals surface area contributed by atoms with Crippen LogP contribution < -0.4 is 24.8 Å². The molecule has 4 aliphatic rings. The quantitative estimate of drug-likeness (QED) is 0.230. The van der Waals surface area contributed by atoms with Gasteiger partial charge in [-0.05, 0) is 87.2 Å². The molecule has 0 radical (unpaired) electrons. The van der Waals surface area contributed by atoms with Gasteiger partial charge in [0.15, 0.2) is 0 Å². The van der Waals surface area contributed by atoms with Gasteiger partial charge >= 0.3 is 43.4 Å². The van der Waals surface area contributed by atoms with Crippen molar-refractivity contribution < 1.29 is 77.7 Å². The van der Waals surface area contributed by atoms with Crippen molar-refractivity contribution >= 4 is 0 Å².